The summed E-state index contributed by atoms with van der Waals surface area (Å²) in [6.45, 7) is 3.21. The lowest BCUT2D eigenvalue weighted by Gasteiger charge is -2.21. The Hall–Kier alpha value is -1.77. The molecule has 3 aromatic rings. The third-order valence-electron chi connectivity index (χ3n) is 3.80. The highest BCUT2D eigenvalue weighted by Gasteiger charge is 2.25. The van der Waals surface area contributed by atoms with Crippen LogP contribution in [0.3, 0.4) is 0 Å². The van der Waals surface area contributed by atoms with Gasteiger partial charge >= 0.3 is 0 Å². The lowest BCUT2D eigenvalue weighted by Crippen LogP contribution is -2.37. The molecule has 0 saturated carbocycles. The van der Waals surface area contributed by atoms with Gasteiger partial charge in [0.15, 0.2) is 10.8 Å². The number of halogens is 1. The number of nitrogens with zero attached hydrogens (tertiary/aromatic N) is 5. The van der Waals surface area contributed by atoms with Gasteiger partial charge in [0.05, 0.1) is 10.2 Å². The molecule has 0 fully saturated rings. The van der Waals surface area contributed by atoms with Gasteiger partial charge < -0.3 is 4.90 Å². The second-order valence-electron chi connectivity index (χ2n) is 6.20. The van der Waals surface area contributed by atoms with E-state index in [2.05, 4.69) is 30.9 Å². The Kier molecular flexibility index (Phi) is 5.21. The van der Waals surface area contributed by atoms with Crippen molar-refractivity contribution in [2.24, 2.45) is 7.05 Å². The fraction of sp³-hybridized carbons (Fsp3) is 0.353. The third-order valence-corrected chi connectivity index (χ3v) is 5.33. The SMILES string of the molecule is Cc1cn(C)nc1C(=O)N(CCN(C)C)c1nc2ccc(Br)cc2s1. The van der Waals surface area contributed by atoms with Crippen molar-refractivity contribution in [2.45, 2.75) is 6.92 Å². The van der Waals surface area contributed by atoms with Crippen LogP contribution in [0.25, 0.3) is 10.2 Å². The first-order chi connectivity index (χ1) is 11.8. The summed E-state index contributed by atoms with van der Waals surface area (Å²) in [6.07, 6.45) is 1.85. The molecule has 2 aromatic heterocycles. The fourth-order valence-corrected chi connectivity index (χ4v) is 4.07. The molecule has 0 aliphatic rings. The number of thiazole rings is 1. The Morgan fingerprint density at radius 2 is 2.08 bits per heavy atom. The number of anilines is 1. The van der Waals surface area contributed by atoms with Crippen LogP contribution in [0.4, 0.5) is 5.13 Å². The standard InChI is InChI=1S/C17H20BrN5OS/c1-11-10-22(4)20-15(11)16(24)23(8-7-21(2)3)17-19-13-6-5-12(18)9-14(13)25-17/h5-6,9-10H,7-8H2,1-4H3. The zero-order valence-electron chi connectivity index (χ0n) is 14.7. The summed E-state index contributed by atoms with van der Waals surface area (Å²) in [5.74, 6) is -0.113. The van der Waals surface area contributed by atoms with Crippen LogP contribution >= 0.6 is 27.3 Å². The van der Waals surface area contributed by atoms with E-state index in [1.54, 1.807) is 9.58 Å². The van der Waals surface area contributed by atoms with Crippen LogP contribution in [0, 0.1) is 6.92 Å². The summed E-state index contributed by atoms with van der Waals surface area (Å²) in [4.78, 5) is 21.6. The number of fused-ring (bicyclic) bond motifs is 1. The molecule has 0 radical (unpaired) electrons. The molecule has 0 N–H and O–H groups in total. The van der Waals surface area contributed by atoms with Crippen molar-refractivity contribution in [3.63, 3.8) is 0 Å². The predicted octanol–water partition coefficient (Wildman–Crippen LogP) is 3.31. The molecule has 0 saturated heterocycles. The summed E-state index contributed by atoms with van der Waals surface area (Å²) in [5.41, 5.74) is 2.23. The number of aryl methyl sites for hydroxylation is 2. The molecule has 0 aliphatic carbocycles. The largest absolute Gasteiger partial charge is 0.308 e. The number of carbonyl (C=O) groups excluding carboxylic acids is 1. The lowest BCUT2D eigenvalue weighted by molar-refractivity contribution is 0.0979. The van der Waals surface area contributed by atoms with E-state index in [1.165, 1.54) is 11.3 Å². The van der Waals surface area contributed by atoms with Gasteiger partial charge in [0.1, 0.15) is 0 Å². The summed E-state index contributed by atoms with van der Waals surface area (Å²) in [7, 11) is 5.80. The van der Waals surface area contributed by atoms with Crippen molar-refractivity contribution < 1.29 is 4.79 Å². The number of amides is 1. The Bertz CT molecular complexity index is 917. The molecule has 3 rings (SSSR count). The van der Waals surface area contributed by atoms with Gasteiger partial charge in [-0.05, 0) is 39.2 Å². The van der Waals surface area contributed by atoms with Crippen LogP contribution in [0.2, 0.25) is 0 Å². The van der Waals surface area contributed by atoms with Gasteiger partial charge in [0.2, 0.25) is 0 Å². The first-order valence-electron chi connectivity index (χ1n) is 7.88. The molecule has 0 unspecified atom stereocenters. The second-order valence-corrected chi connectivity index (χ2v) is 8.13. The average molecular weight is 422 g/mol. The minimum Gasteiger partial charge on any atom is -0.308 e. The van der Waals surface area contributed by atoms with Crippen molar-refractivity contribution >= 4 is 48.5 Å². The molecule has 0 atom stereocenters. The maximum Gasteiger partial charge on any atom is 0.280 e. The van der Waals surface area contributed by atoms with E-state index in [-0.39, 0.29) is 5.91 Å². The number of aromatic nitrogens is 3. The normalized spacial score (nSPS) is 11.4. The van der Waals surface area contributed by atoms with E-state index >= 15 is 0 Å². The molecule has 8 heteroatoms. The van der Waals surface area contributed by atoms with Crippen LogP contribution in [-0.2, 0) is 7.05 Å². The number of hydrogen-bond acceptors (Lipinski definition) is 5. The third kappa shape index (κ3) is 3.91. The summed E-state index contributed by atoms with van der Waals surface area (Å²) in [5, 5.41) is 5.03. The van der Waals surface area contributed by atoms with Crippen molar-refractivity contribution in [2.75, 3.05) is 32.1 Å². The van der Waals surface area contributed by atoms with Crippen molar-refractivity contribution in [1.82, 2.24) is 19.7 Å². The molecule has 132 valence electrons. The lowest BCUT2D eigenvalue weighted by atomic mass is 10.2. The van der Waals surface area contributed by atoms with E-state index in [4.69, 9.17) is 0 Å². The number of carbonyl (C=O) groups is 1. The van der Waals surface area contributed by atoms with Gasteiger partial charge in [-0.1, -0.05) is 27.3 Å². The molecular formula is C17H20BrN5OS. The zero-order valence-corrected chi connectivity index (χ0v) is 17.1. The van der Waals surface area contributed by atoms with E-state index in [1.807, 2.05) is 52.5 Å². The minimum atomic E-state index is -0.113. The second kappa shape index (κ2) is 7.23. The Morgan fingerprint density at radius 3 is 2.72 bits per heavy atom. The number of rotatable bonds is 5. The van der Waals surface area contributed by atoms with Gasteiger partial charge in [0.25, 0.3) is 5.91 Å². The van der Waals surface area contributed by atoms with Gasteiger partial charge in [-0.15, -0.1) is 0 Å². The zero-order chi connectivity index (χ0) is 18.1. The number of likely N-dealkylation sites (N-methyl/N-ethyl adjacent to an activating group) is 1. The summed E-state index contributed by atoms with van der Waals surface area (Å²) < 4.78 is 3.72. The molecule has 1 amide bonds. The Balaban J connectivity index is 2.00. The van der Waals surface area contributed by atoms with Crippen LogP contribution in [-0.4, -0.2) is 52.8 Å². The van der Waals surface area contributed by atoms with Crippen molar-refractivity contribution in [3.8, 4) is 0 Å². The highest BCUT2D eigenvalue weighted by Crippen LogP contribution is 2.31. The maximum absolute atomic E-state index is 13.1. The quantitative estimate of drug-likeness (QED) is 0.633. The predicted molar refractivity (Wildman–Crippen MR) is 105 cm³/mol. The fourth-order valence-electron chi connectivity index (χ4n) is 2.53. The molecular weight excluding hydrogens is 402 g/mol. The first kappa shape index (κ1) is 18.0. The smallest absolute Gasteiger partial charge is 0.280 e. The van der Waals surface area contributed by atoms with Crippen molar-refractivity contribution in [3.05, 3.63) is 40.1 Å². The topological polar surface area (TPSA) is 54.3 Å². The van der Waals surface area contributed by atoms with Gasteiger partial charge in [-0.3, -0.25) is 14.4 Å². The average Bonchev–Trinajstić information content (AvgIpc) is 3.09. The van der Waals surface area contributed by atoms with E-state index < -0.39 is 0 Å². The Morgan fingerprint density at radius 1 is 1.32 bits per heavy atom. The van der Waals surface area contributed by atoms with Crippen LogP contribution in [0.15, 0.2) is 28.9 Å². The number of hydrogen-bond donors (Lipinski definition) is 0. The molecule has 25 heavy (non-hydrogen) atoms. The van der Waals surface area contributed by atoms with Crippen LogP contribution in [0.5, 0.6) is 0 Å². The molecule has 1 aromatic carbocycles. The minimum absolute atomic E-state index is 0.113. The highest BCUT2D eigenvalue weighted by atomic mass is 79.9. The summed E-state index contributed by atoms with van der Waals surface area (Å²) in [6, 6.07) is 5.94. The Labute approximate surface area is 159 Å². The van der Waals surface area contributed by atoms with Crippen LogP contribution < -0.4 is 4.90 Å². The molecule has 2 heterocycles. The molecule has 6 nitrogen and oxygen atoms in total. The van der Waals surface area contributed by atoms with E-state index in [0.717, 1.165) is 26.8 Å². The number of benzene rings is 1. The monoisotopic (exact) mass is 421 g/mol. The molecule has 0 aliphatic heterocycles. The molecule has 0 bridgehead atoms. The maximum atomic E-state index is 13.1. The van der Waals surface area contributed by atoms with Gasteiger partial charge in [-0.2, -0.15) is 5.10 Å². The van der Waals surface area contributed by atoms with E-state index in [0.29, 0.717) is 17.4 Å². The van der Waals surface area contributed by atoms with Crippen molar-refractivity contribution in [1.29, 1.82) is 0 Å². The van der Waals surface area contributed by atoms with Gasteiger partial charge in [-0.25, -0.2) is 4.98 Å². The van der Waals surface area contributed by atoms with Crippen LogP contribution in [0.1, 0.15) is 16.1 Å². The summed E-state index contributed by atoms with van der Waals surface area (Å²) >= 11 is 5.00. The van der Waals surface area contributed by atoms with E-state index in [9.17, 15) is 4.79 Å². The highest BCUT2D eigenvalue weighted by molar-refractivity contribution is 9.10. The first-order valence-corrected chi connectivity index (χ1v) is 9.49. The van der Waals surface area contributed by atoms with Gasteiger partial charge in [0, 0.05) is 36.4 Å². The molecule has 0 spiro atoms.